The highest BCUT2D eigenvalue weighted by atomic mass is 16.2. The molecule has 3 rings (SSSR count). The first kappa shape index (κ1) is 16.2. The number of piperazine rings is 1. The van der Waals surface area contributed by atoms with Crippen LogP contribution in [-0.2, 0) is 4.79 Å². The van der Waals surface area contributed by atoms with Gasteiger partial charge in [0.05, 0.1) is 24.0 Å². The lowest BCUT2D eigenvalue weighted by molar-refractivity contribution is -0.122. The van der Waals surface area contributed by atoms with Gasteiger partial charge in [-0.2, -0.15) is 5.10 Å². The first-order valence-electron chi connectivity index (χ1n) is 7.99. The van der Waals surface area contributed by atoms with Crippen LogP contribution in [0.15, 0.2) is 42.7 Å². The quantitative estimate of drug-likeness (QED) is 0.881. The molecule has 24 heavy (non-hydrogen) atoms. The highest BCUT2D eigenvalue weighted by Gasteiger charge is 2.24. The van der Waals surface area contributed by atoms with Crippen molar-refractivity contribution in [3.63, 3.8) is 0 Å². The third-order valence-corrected chi connectivity index (χ3v) is 4.16. The van der Waals surface area contributed by atoms with E-state index in [0.717, 1.165) is 5.69 Å². The fraction of sp³-hybridized carbons (Fsp3) is 0.353. The van der Waals surface area contributed by atoms with Gasteiger partial charge in [-0.25, -0.2) is 4.68 Å². The number of amides is 2. The highest BCUT2D eigenvalue weighted by molar-refractivity contribution is 5.94. The van der Waals surface area contributed by atoms with Crippen molar-refractivity contribution in [2.45, 2.75) is 0 Å². The summed E-state index contributed by atoms with van der Waals surface area (Å²) in [7, 11) is 1.63. The van der Waals surface area contributed by atoms with E-state index in [0.29, 0.717) is 38.3 Å². The van der Waals surface area contributed by atoms with Crippen molar-refractivity contribution < 1.29 is 9.59 Å². The van der Waals surface area contributed by atoms with E-state index in [4.69, 9.17) is 0 Å². The zero-order valence-corrected chi connectivity index (χ0v) is 13.7. The second-order valence-corrected chi connectivity index (χ2v) is 5.75. The number of nitrogens with zero attached hydrogens (tertiary/aromatic N) is 4. The molecule has 0 atom stereocenters. The van der Waals surface area contributed by atoms with E-state index >= 15 is 0 Å². The molecule has 1 N–H and O–H groups in total. The zero-order valence-electron chi connectivity index (χ0n) is 13.7. The van der Waals surface area contributed by atoms with Gasteiger partial charge in [0.2, 0.25) is 5.91 Å². The molecule has 0 saturated carbocycles. The molecule has 1 aromatic heterocycles. The second kappa shape index (κ2) is 7.27. The fourth-order valence-corrected chi connectivity index (χ4v) is 2.73. The zero-order chi connectivity index (χ0) is 16.9. The van der Waals surface area contributed by atoms with E-state index in [1.807, 2.05) is 35.2 Å². The Labute approximate surface area is 140 Å². The third-order valence-electron chi connectivity index (χ3n) is 4.16. The molecular weight excluding hydrogens is 306 g/mol. The van der Waals surface area contributed by atoms with Gasteiger partial charge in [0.25, 0.3) is 5.91 Å². The molecule has 7 nitrogen and oxygen atoms in total. The second-order valence-electron chi connectivity index (χ2n) is 5.75. The molecule has 0 unspecified atom stereocenters. The van der Waals surface area contributed by atoms with Crippen LogP contribution in [0.3, 0.4) is 0 Å². The van der Waals surface area contributed by atoms with Crippen LogP contribution in [0.5, 0.6) is 0 Å². The summed E-state index contributed by atoms with van der Waals surface area (Å²) < 4.78 is 1.70. The van der Waals surface area contributed by atoms with Crippen molar-refractivity contribution in [1.82, 2.24) is 24.9 Å². The molecule has 1 aliphatic rings. The molecule has 1 aromatic carbocycles. The normalized spacial score (nSPS) is 15.3. The topological polar surface area (TPSA) is 70.5 Å². The molecule has 0 spiro atoms. The van der Waals surface area contributed by atoms with Crippen molar-refractivity contribution in [3.8, 4) is 5.69 Å². The molecule has 1 aliphatic heterocycles. The molecule has 1 saturated heterocycles. The first-order valence-corrected chi connectivity index (χ1v) is 7.99. The molecular formula is C17H21N5O2. The Balaban J connectivity index is 1.60. The van der Waals surface area contributed by atoms with Crippen molar-refractivity contribution in [2.24, 2.45) is 0 Å². The van der Waals surface area contributed by atoms with Gasteiger partial charge in [0, 0.05) is 39.4 Å². The summed E-state index contributed by atoms with van der Waals surface area (Å²) in [6, 6.07) is 9.70. The van der Waals surface area contributed by atoms with Crippen LogP contribution in [-0.4, -0.2) is 71.2 Å². The Bertz CT molecular complexity index is 705. The van der Waals surface area contributed by atoms with Crippen LogP contribution < -0.4 is 5.32 Å². The largest absolute Gasteiger partial charge is 0.358 e. The SMILES string of the molecule is CNC(=O)CN1CCN(C(=O)c2cnn(-c3ccccc3)c2)CC1. The summed E-state index contributed by atoms with van der Waals surface area (Å²) in [5.74, 6) is -0.0179. The Kier molecular flexibility index (Phi) is 4.90. The van der Waals surface area contributed by atoms with Gasteiger partial charge in [0.1, 0.15) is 0 Å². The summed E-state index contributed by atoms with van der Waals surface area (Å²) in [5.41, 5.74) is 1.51. The average Bonchev–Trinajstić information content (AvgIpc) is 3.12. The van der Waals surface area contributed by atoms with E-state index in [1.165, 1.54) is 0 Å². The Morgan fingerprint density at radius 2 is 1.83 bits per heavy atom. The molecule has 7 heteroatoms. The third kappa shape index (κ3) is 3.62. The van der Waals surface area contributed by atoms with Gasteiger partial charge in [0.15, 0.2) is 0 Å². The number of para-hydroxylation sites is 1. The number of rotatable bonds is 4. The predicted molar refractivity (Wildman–Crippen MR) is 90.0 cm³/mol. The van der Waals surface area contributed by atoms with E-state index in [9.17, 15) is 9.59 Å². The Morgan fingerprint density at radius 3 is 2.50 bits per heavy atom. The number of aromatic nitrogens is 2. The lowest BCUT2D eigenvalue weighted by Gasteiger charge is -2.34. The minimum absolute atomic E-state index is 0.00101. The maximum absolute atomic E-state index is 12.6. The molecule has 2 heterocycles. The van der Waals surface area contributed by atoms with Gasteiger partial charge < -0.3 is 10.2 Å². The average molecular weight is 327 g/mol. The van der Waals surface area contributed by atoms with Crippen LogP contribution >= 0.6 is 0 Å². The van der Waals surface area contributed by atoms with Crippen LogP contribution in [0.25, 0.3) is 5.69 Å². The monoisotopic (exact) mass is 327 g/mol. The van der Waals surface area contributed by atoms with Crippen molar-refractivity contribution in [1.29, 1.82) is 0 Å². The number of benzene rings is 1. The van der Waals surface area contributed by atoms with Crippen LogP contribution in [0, 0.1) is 0 Å². The molecule has 2 aromatic rings. The molecule has 2 amide bonds. The maximum atomic E-state index is 12.6. The molecule has 0 bridgehead atoms. The predicted octanol–water partition coefficient (Wildman–Crippen LogP) is 0.376. The molecule has 0 radical (unpaired) electrons. The molecule has 0 aliphatic carbocycles. The summed E-state index contributed by atoms with van der Waals surface area (Å²) in [6.07, 6.45) is 3.36. The van der Waals surface area contributed by atoms with E-state index in [1.54, 1.807) is 24.1 Å². The number of hydrogen-bond acceptors (Lipinski definition) is 4. The summed E-state index contributed by atoms with van der Waals surface area (Å²) in [6.45, 7) is 3.02. The lowest BCUT2D eigenvalue weighted by Crippen LogP contribution is -2.50. The number of carbonyl (C=O) groups is 2. The number of hydrogen-bond donors (Lipinski definition) is 1. The van der Waals surface area contributed by atoms with Crippen molar-refractivity contribution >= 4 is 11.8 Å². The van der Waals surface area contributed by atoms with E-state index < -0.39 is 0 Å². The maximum Gasteiger partial charge on any atom is 0.257 e. The Morgan fingerprint density at radius 1 is 1.12 bits per heavy atom. The van der Waals surface area contributed by atoms with Crippen molar-refractivity contribution in [3.05, 3.63) is 48.3 Å². The van der Waals surface area contributed by atoms with Crippen LogP contribution in [0.1, 0.15) is 10.4 Å². The van der Waals surface area contributed by atoms with Crippen molar-refractivity contribution in [2.75, 3.05) is 39.8 Å². The number of nitrogens with one attached hydrogen (secondary N) is 1. The van der Waals surface area contributed by atoms with Crippen LogP contribution in [0.2, 0.25) is 0 Å². The van der Waals surface area contributed by atoms with E-state index in [2.05, 4.69) is 15.3 Å². The summed E-state index contributed by atoms with van der Waals surface area (Å²) in [4.78, 5) is 27.9. The number of likely N-dealkylation sites (N-methyl/N-ethyl adjacent to an activating group) is 1. The van der Waals surface area contributed by atoms with Gasteiger partial charge in [-0.15, -0.1) is 0 Å². The fourth-order valence-electron chi connectivity index (χ4n) is 2.73. The lowest BCUT2D eigenvalue weighted by atomic mass is 10.2. The smallest absolute Gasteiger partial charge is 0.257 e. The number of carbonyl (C=O) groups excluding carboxylic acids is 2. The van der Waals surface area contributed by atoms with Gasteiger partial charge in [-0.05, 0) is 12.1 Å². The summed E-state index contributed by atoms with van der Waals surface area (Å²) >= 11 is 0. The first-order chi connectivity index (χ1) is 11.7. The Hall–Kier alpha value is -2.67. The molecule has 126 valence electrons. The standard InChI is InChI=1S/C17H21N5O2/c1-18-16(23)13-20-7-9-21(10-8-20)17(24)14-11-19-22(12-14)15-5-3-2-4-6-15/h2-6,11-12H,7-10,13H2,1H3,(H,18,23). The molecule has 1 fully saturated rings. The minimum atomic E-state index is -0.0169. The highest BCUT2D eigenvalue weighted by Crippen LogP contribution is 2.11. The van der Waals surface area contributed by atoms with Crippen LogP contribution in [0.4, 0.5) is 0 Å². The van der Waals surface area contributed by atoms with Gasteiger partial charge in [-0.3, -0.25) is 14.5 Å². The summed E-state index contributed by atoms with van der Waals surface area (Å²) in [5, 5.41) is 6.89. The minimum Gasteiger partial charge on any atom is -0.358 e. The van der Waals surface area contributed by atoms with E-state index in [-0.39, 0.29) is 11.8 Å². The van der Waals surface area contributed by atoms with Gasteiger partial charge >= 0.3 is 0 Å². The van der Waals surface area contributed by atoms with Gasteiger partial charge in [-0.1, -0.05) is 18.2 Å².